The van der Waals surface area contributed by atoms with Crippen LogP contribution in [0.2, 0.25) is 0 Å². The van der Waals surface area contributed by atoms with Gasteiger partial charge in [0.15, 0.2) is 11.5 Å². The minimum Gasteiger partial charge on any atom is -0.493 e. The van der Waals surface area contributed by atoms with E-state index in [4.69, 9.17) is 14.2 Å². The first-order valence-corrected chi connectivity index (χ1v) is 10.7. The Bertz CT molecular complexity index is 852. The second-order valence-electron chi connectivity index (χ2n) is 8.55. The summed E-state index contributed by atoms with van der Waals surface area (Å²) in [6, 6.07) is 13.2. The van der Waals surface area contributed by atoms with Gasteiger partial charge in [0.2, 0.25) is 5.60 Å². The number of hydrogen-bond donors (Lipinski definition) is 1. The minimum absolute atomic E-state index is 0.190. The Balaban J connectivity index is 1.80. The Kier molecular flexibility index (Phi) is 6.91. The maximum absolute atomic E-state index is 12.1. The predicted octanol–water partition coefficient (Wildman–Crippen LogP) is 5.60. The van der Waals surface area contributed by atoms with E-state index in [-0.39, 0.29) is 12.5 Å². The lowest BCUT2D eigenvalue weighted by Crippen LogP contribution is -2.43. The van der Waals surface area contributed by atoms with Crippen LogP contribution in [-0.4, -0.2) is 29.9 Å². The van der Waals surface area contributed by atoms with Crippen molar-refractivity contribution < 1.29 is 24.1 Å². The van der Waals surface area contributed by atoms with Crippen molar-refractivity contribution in [2.24, 2.45) is 0 Å². The topological polar surface area (TPSA) is 65.0 Å². The lowest BCUT2D eigenvalue weighted by atomic mass is 9.95. The van der Waals surface area contributed by atoms with Crippen molar-refractivity contribution in [1.29, 1.82) is 0 Å². The summed E-state index contributed by atoms with van der Waals surface area (Å²) in [6.45, 7) is 5.84. The van der Waals surface area contributed by atoms with Gasteiger partial charge in [0.25, 0.3) is 0 Å². The largest absolute Gasteiger partial charge is 0.493 e. The summed E-state index contributed by atoms with van der Waals surface area (Å²) in [5.74, 6) is 1.26. The summed E-state index contributed by atoms with van der Waals surface area (Å²) in [6.07, 6.45) is 4.82. The van der Waals surface area contributed by atoms with E-state index in [2.05, 4.69) is 13.8 Å². The van der Waals surface area contributed by atoms with Gasteiger partial charge in [-0.05, 0) is 73.9 Å². The summed E-state index contributed by atoms with van der Waals surface area (Å²) < 4.78 is 17.6. The number of methoxy groups -OCH3 is 1. The molecule has 1 fully saturated rings. The Labute approximate surface area is 179 Å². The van der Waals surface area contributed by atoms with Gasteiger partial charge in [0.05, 0.1) is 13.2 Å². The first-order valence-electron chi connectivity index (χ1n) is 10.7. The predicted molar refractivity (Wildman–Crippen MR) is 117 cm³/mol. The maximum Gasteiger partial charge on any atom is 0.348 e. The van der Waals surface area contributed by atoms with E-state index < -0.39 is 11.6 Å². The third-order valence-corrected chi connectivity index (χ3v) is 5.71. The van der Waals surface area contributed by atoms with Crippen molar-refractivity contribution in [2.75, 3.05) is 7.11 Å². The zero-order valence-electron chi connectivity index (χ0n) is 18.3. The van der Waals surface area contributed by atoms with Crippen molar-refractivity contribution in [3.05, 3.63) is 53.6 Å². The van der Waals surface area contributed by atoms with Gasteiger partial charge in [0.1, 0.15) is 5.75 Å². The first kappa shape index (κ1) is 22.0. The maximum atomic E-state index is 12.1. The highest BCUT2D eigenvalue weighted by Crippen LogP contribution is 2.34. The number of rotatable bonds is 9. The fraction of sp³-hybridized carbons (Fsp3) is 0.480. The molecule has 0 radical (unpaired) electrons. The van der Waals surface area contributed by atoms with E-state index in [1.807, 2.05) is 42.5 Å². The molecule has 5 heteroatoms. The van der Waals surface area contributed by atoms with Crippen molar-refractivity contribution in [3.8, 4) is 17.2 Å². The van der Waals surface area contributed by atoms with E-state index in [0.29, 0.717) is 23.2 Å². The normalized spacial score (nSPS) is 16.3. The minimum atomic E-state index is -1.40. The molecule has 30 heavy (non-hydrogen) atoms. The van der Waals surface area contributed by atoms with Gasteiger partial charge in [0, 0.05) is 6.42 Å². The number of aliphatic carboxylic acids is 1. The number of carbonyl (C=O) groups is 1. The molecule has 2 aromatic rings. The second-order valence-corrected chi connectivity index (χ2v) is 8.55. The summed E-state index contributed by atoms with van der Waals surface area (Å²) in [5.41, 5.74) is 0.606. The molecule has 0 saturated heterocycles. The molecule has 0 amide bonds. The van der Waals surface area contributed by atoms with Gasteiger partial charge in [-0.15, -0.1) is 0 Å². The summed E-state index contributed by atoms with van der Waals surface area (Å²) in [7, 11) is 1.61. The average molecular weight is 413 g/mol. The SMILES string of the molecule is COc1ccc(CC(C)(Oc2ccc(C(C)C)cc2)C(=O)O)cc1OC1CCCC1. The molecule has 1 N–H and O–H groups in total. The van der Waals surface area contributed by atoms with Crippen LogP contribution >= 0.6 is 0 Å². The first-order chi connectivity index (χ1) is 14.3. The number of carboxylic acid groups (broad SMARTS) is 1. The molecule has 0 bridgehead atoms. The molecule has 162 valence electrons. The van der Waals surface area contributed by atoms with E-state index in [9.17, 15) is 9.90 Å². The number of benzene rings is 2. The van der Waals surface area contributed by atoms with Crippen molar-refractivity contribution >= 4 is 5.97 Å². The average Bonchev–Trinajstić information content (AvgIpc) is 3.21. The van der Waals surface area contributed by atoms with Crippen molar-refractivity contribution in [1.82, 2.24) is 0 Å². The molecular weight excluding hydrogens is 380 g/mol. The fourth-order valence-electron chi connectivity index (χ4n) is 3.83. The summed E-state index contributed by atoms with van der Waals surface area (Å²) >= 11 is 0. The molecule has 1 aliphatic carbocycles. The zero-order chi connectivity index (χ0) is 21.7. The van der Waals surface area contributed by atoms with Crippen LogP contribution in [0.5, 0.6) is 17.2 Å². The quantitative estimate of drug-likeness (QED) is 0.580. The standard InChI is InChI=1S/C25H32O5/c1-17(2)19-10-12-21(13-11-19)30-25(3,24(26)27)16-18-9-14-22(28-4)23(15-18)29-20-7-5-6-8-20/h9-15,17,20H,5-8,16H2,1-4H3,(H,26,27). The molecule has 1 atom stereocenters. The number of hydrogen-bond acceptors (Lipinski definition) is 4. The van der Waals surface area contributed by atoms with E-state index in [0.717, 1.165) is 18.4 Å². The van der Waals surface area contributed by atoms with Crippen LogP contribution in [0.4, 0.5) is 0 Å². The van der Waals surface area contributed by atoms with Gasteiger partial charge in [-0.2, -0.15) is 0 Å². The molecule has 0 aliphatic heterocycles. The smallest absolute Gasteiger partial charge is 0.348 e. The molecular formula is C25H32O5. The van der Waals surface area contributed by atoms with Gasteiger partial charge in [-0.3, -0.25) is 0 Å². The van der Waals surface area contributed by atoms with Gasteiger partial charge < -0.3 is 19.3 Å². The van der Waals surface area contributed by atoms with Crippen LogP contribution in [0.3, 0.4) is 0 Å². The Hall–Kier alpha value is -2.69. The van der Waals surface area contributed by atoms with Crippen molar-refractivity contribution in [3.63, 3.8) is 0 Å². The molecule has 3 rings (SSSR count). The summed E-state index contributed by atoms with van der Waals surface area (Å²) in [4.78, 5) is 12.1. The van der Waals surface area contributed by atoms with Crippen LogP contribution in [0.15, 0.2) is 42.5 Å². The van der Waals surface area contributed by atoms with Crippen LogP contribution in [0.1, 0.15) is 63.5 Å². The highest BCUT2D eigenvalue weighted by Gasteiger charge is 2.36. The van der Waals surface area contributed by atoms with E-state index in [1.54, 1.807) is 14.0 Å². The summed E-state index contributed by atoms with van der Waals surface area (Å²) in [5, 5.41) is 9.92. The fourth-order valence-corrected chi connectivity index (χ4v) is 3.83. The third-order valence-electron chi connectivity index (χ3n) is 5.71. The molecule has 5 nitrogen and oxygen atoms in total. The lowest BCUT2D eigenvalue weighted by molar-refractivity contribution is -0.153. The Morgan fingerprint density at radius 2 is 1.77 bits per heavy atom. The third kappa shape index (κ3) is 5.26. The van der Waals surface area contributed by atoms with Crippen molar-refractivity contribution in [2.45, 2.75) is 70.5 Å². The molecule has 2 aromatic carbocycles. The molecule has 1 unspecified atom stereocenters. The molecule has 0 spiro atoms. The van der Waals surface area contributed by atoms with Gasteiger partial charge in [-0.1, -0.05) is 32.0 Å². The highest BCUT2D eigenvalue weighted by atomic mass is 16.5. The zero-order valence-corrected chi connectivity index (χ0v) is 18.3. The second kappa shape index (κ2) is 9.41. The van der Waals surface area contributed by atoms with Gasteiger partial charge >= 0.3 is 5.97 Å². The van der Waals surface area contributed by atoms with Crippen LogP contribution in [-0.2, 0) is 11.2 Å². The van der Waals surface area contributed by atoms with E-state index >= 15 is 0 Å². The lowest BCUT2D eigenvalue weighted by Gasteiger charge is -2.27. The Morgan fingerprint density at radius 1 is 1.10 bits per heavy atom. The van der Waals surface area contributed by atoms with Gasteiger partial charge in [-0.25, -0.2) is 4.79 Å². The number of carboxylic acids is 1. The monoisotopic (exact) mass is 412 g/mol. The van der Waals surface area contributed by atoms with Crippen LogP contribution < -0.4 is 14.2 Å². The van der Waals surface area contributed by atoms with E-state index in [1.165, 1.54) is 18.4 Å². The molecule has 0 heterocycles. The number of ether oxygens (including phenoxy) is 3. The Morgan fingerprint density at radius 3 is 2.33 bits per heavy atom. The molecule has 1 aliphatic rings. The van der Waals surface area contributed by atoms with Crippen LogP contribution in [0, 0.1) is 0 Å². The molecule has 0 aromatic heterocycles. The van der Waals surface area contributed by atoms with Crippen LogP contribution in [0.25, 0.3) is 0 Å². The highest BCUT2D eigenvalue weighted by molar-refractivity contribution is 5.78. The molecule has 1 saturated carbocycles.